The number of hydrogen-bond donors (Lipinski definition) is 2. The molecule has 1 aromatic carbocycles. The van der Waals surface area contributed by atoms with E-state index in [0.29, 0.717) is 5.69 Å². The first-order chi connectivity index (χ1) is 9.87. The highest BCUT2D eigenvalue weighted by molar-refractivity contribution is 5.89. The van der Waals surface area contributed by atoms with E-state index >= 15 is 0 Å². The average molecular weight is 299 g/mol. The first-order valence-electron chi connectivity index (χ1n) is 6.20. The largest absolute Gasteiger partial charge is 0.573 e. The third-order valence-electron chi connectivity index (χ3n) is 2.86. The average Bonchev–Trinajstić information content (AvgIpc) is 3.21. The molecule has 0 radical (unpaired) electrons. The molecule has 0 aliphatic heterocycles. The van der Waals surface area contributed by atoms with Crippen molar-refractivity contribution in [3.8, 4) is 11.8 Å². The Morgan fingerprint density at radius 3 is 2.43 bits per heavy atom. The number of ether oxygens (including phenoxy) is 1. The maximum Gasteiger partial charge on any atom is 0.573 e. The van der Waals surface area contributed by atoms with Crippen LogP contribution in [0.2, 0.25) is 0 Å². The Labute approximate surface area is 118 Å². The topological polar surface area (TPSA) is 74.2 Å². The lowest BCUT2D eigenvalue weighted by molar-refractivity contribution is -0.274. The quantitative estimate of drug-likeness (QED) is 0.897. The molecular weight excluding hydrogens is 287 g/mol. The Balaban J connectivity index is 1.88. The van der Waals surface area contributed by atoms with Crippen LogP contribution in [-0.2, 0) is 0 Å². The number of alkyl halides is 3. The maximum atomic E-state index is 12.0. The highest BCUT2D eigenvalue weighted by Crippen LogP contribution is 2.32. The van der Waals surface area contributed by atoms with Gasteiger partial charge in [-0.15, -0.1) is 13.2 Å². The lowest BCUT2D eigenvalue weighted by Gasteiger charge is -2.12. The highest BCUT2D eigenvalue weighted by atomic mass is 19.4. The molecule has 2 N–H and O–H groups in total. The second-order valence-corrected chi connectivity index (χ2v) is 4.61. The van der Waals surface area contributed by atoms with Gasteiger partial charge in [-0.1, -0.05) is 0 Å². The molecule has 2 rings (SSSR count). The van der Waals surface area contributed by atoms with E-state index in [1.54, 1.807) is 0 Å². The van der Waals surface area contributed by atoms with Crippen LogP contribution in [-0.4, -0.2) is 18.4 Å². The number of amides is 2. The number of rotatable bonds is 4. The van der Waals surface area contributed by atoms with Crippen LogP contribution >= 0.6 is 0 Å². The molecule has 1 aliphatic carbocycles. The smallest absolute Gasteiger partial charge is 0.406 e. The molecule has 1 aromatic rings. The van der Waals surface area contributed by atoms with Crippen molar-refractivity contribution in [2.75, 3.05) is 5.32 Å². The summed E-state index contributed by atoms with van der Waals surface area (Å²) in [6, 6.07) is 5.62. The summed E-state index contributed by atoms with van der Waals surface area (Å²) in [5.41, 5.74) is 0.300. The molecule has 8 heteroatoms. The molecule has 1 unspecified atom stereocenters. The molecule has 21 heavy (non-hydrogen) atoms. The van der Waals surface area contributed by atoms with E-state index in [9.17, 15) is 18.0 Å². The van der Waals surface area contributed by atoms with Gasteiger partial charge in [-0.25, -0.2) is 4.79 Å². The van der Waals surface area contributed by atoms with Gasteiger partial charge in [-0.05, 0) is 43.0 Å². The fourth-order valence-electron chi connectivity index (χ4n) is 1.73. The zero-order valence-electron chi connectivity index (χ0n) is 10.8. The van der Waals surface area contributed by atoms with Crippen molar-refractivity contribution in [1.82, 2.24) is 5.32 Å². The minimum atomic E-state index is -4.75. The third-order valence-corrected chi connectivity index (χ3v) is 2.86. The van der Waals surface area contributed by atoms with Gasteiger partial charge < -0.3 is 15.4 Å². The van der Waals surface area contributed by atoms with Crippen LogP contribution in [0.25, 0.3) is 0 Å². The van der Waals surface area contributed by atoms with Crippen molar-refractivity contribution in [2.24, 2.45) is 5.92 Å². The Bertz CT molecular complexity index is 547. The minimum absolute atomic E-state index is 0.184. The predicted molar refractivity (Wildman–Crippen MR) is 67.4 cm³/mol. The number of nitrogens with one attached hydrogen (secondary N) is 2. The second-order valence-electron chi connectivity index (χ2n) is 4.61. The van der Waals surface area contributed by atoms with Crippen LogP contribution in [0.5, 0.6) is 5.75 Å². The molecule has 0 saturated heterocycles. The van der Waals surface area contributed by atoms with Crippen molar-refractivity contribution in [1.29, 1.82) is 5.26 Å². The number of benzene rings is 1. The van der Waals surface area contributed by atoms with Crippen LogP contribution in [0.15, 0.2) is 24.3 Å². The summed E-state index contributed by atoms with van der Waals surface area (Å²) in [7, 11) is 0. The molecule has 0 heterocycles. The molecule has 2 amide bonds. The summed E-state index contributed by atoms with van der Waals surface area (Å²) in [5, 5.41) is 13.8. The van der Waals surface area contributed by atoms with Gasteiger partial charge in [-0.2, -0.15) is 5.26 Å². The number of nitrogens with zero attached hydrogens (tertiary/aromatic N) is 1. The summed E-state index contributed by atoms with van der Waals surface area (Å²) in [6.45, 7) is 0. The van der Waals surface area contributed by atoms with E-state index in [0.717, 1.165) is 25.0 Å². The summed E-state index contributed by atoms with van der Waals surface area (Å²) < 4.78 is 39.7. The number of anilines is 1. The van der Waals surface area contributed by atoms with E-state index in [2.05, 4.69) is 15.4 Å². The number of hydrogen-bond acceptors (Lipinski definition) is 3. The van der Waals surface area contributed by atoms with Gasteiger partial charge >= 0.3 is 12.4 Å². The molecule has 1 saturated carbocycles. The van der Waals surface area contributed by atoms with Gasteiger partial charge in [0.1, 0.15) is 11.8 Å². The van der Waals surface area contributed by atoms with Gasteiger partial charge in [0.25, 0.3) is 0 Å². The first kappa shape index (κ1) is 15.0. The number of halogens is 3. The van der Waals surface area contributed by atoms with Gasteiger partial charge in [0.05, 0.1) is 6.07 Å². The van der Waals surface area contributed by atoms with Crippen LogP contribution in [0, 0.1) is 17.2 Å². The van der Waals surface area contributed by atoms with Gasteiger partial charge in [-0.3, -0.25) is 0 Å². The number of carbonyl (C=O) groups excluding carboxylic acids is 1. The third kappa shape index (κ3) is 4.87. The highest BCUT2D eigenvalue weighted by Gasteiger charge is 2.32. The van der Waals surface area contributed by atoms with Crippen molar-refractivity contribution >= 4 is 11.7 Å². The zero-order chi connectivity index (χ0) is 15.5. The molecule has 1 fully saturated rings. The molecule has 0 aromatic heterocycles. The van der Waals surface area contributed by atoms with E-state index in [1.807, 2.05) is 6.07 Å². The van der Waals surface area contributed by atoms with E-state index in [1.165, 1.54) is 12.1 Å². The van der Waals surface area contributed by atoms with Crippen LogP contribution < -0.4 is 15.4 Å². The lowest BCUT2D eigenvalue weighted by Crippen LogP contribution is -2.38. The molecule has 0 bridgehead atoms. The molecule has 0 spiro atoms. The molecular formula is C13H12F3N3O2. The van der Waals surface area contributed by atoms with Gasteiger partial charge in [0.2, 0.25) is 0 Å². The molecule has 112 valence electrons. The fraction of sp³-hybridized carbons (Fsp3) is 0.385. The Morgan fingerprint density at radius 2 is 1.95 bits per heavy atom. The van der Waals surface area contributed by atoms with E-state index < -0.39 is 18.4 Å². The molecule has 1 atom stereocenters. The standard InChI is InChI=1S/C13H12F3N3O2/c14-13(15,16)21-10-5-3-9(4-6-10)18-12(20)19-11(7-17)8-1-2-8/h3-6,8,11H,1-2H2,(H2,18,19,20). The normalized spacial score (nSPS) is 15.7. The Hall–Kier alpha value is -2.43. The summed E-state index contributed by atoms with van der Waals surface area (Å²) >= 11 is 0. The molecule has 5 nitrogen and oxygen atoms in total. The Kier molecular flexibility index (Phi) is 4.21. The monoisotopic (exact) mass is 299 g/mol. The second kappa shape index (κ2) is 5.91. The zero-order valence-corrected chi connectivity index (χ0v) is 10.8. The summed E-state index contributed by atoms with van der Waals surface area (Å²) in [5.74, 6) is -0.190. The summed E-state index contributed by atoms with van der Waals surface area (Å²) in [4.78, 5) is 11.6. The van der Waals surface area contributed by atoms with Crippen LogP contribution in [0.3, 0.4) is 0 Å². The van der Waals surface area contributed by atoms with Gasteiger partial charge in [0.15, 0.2) is 0 Å². The van der Waals surface area contributed by atoms with Crippen LogP contribution in [0.1, 0.15) is 12.8 Å². The SMILES string of the molecule is N#CC(NC(=O)Nc1ccc(OC(F)(F)F)cc1)C1CC1. The number of urea groups is 1. The van der Waals surface area contributed by atoms with Crippen molar-refractivity contribution in [2.45, 2.75) is 25.2 Å². The van der Waals surface area contributed by atoms with Crippen molar-refractivity contribution in [3.63, 3.8) is 0 Å². The van der Waals surface area contributed by atoms with E-state index in [-0.39, 0.29) is 11.7 Å². The van der Waals surface area contributed by atoms with Crippen LogP contribution in [0.4, 0.5) is 23.7 Å². The molecule has 1 aliphatic rings. The minimum Gasteiger partial charge on any atom is -0.406 e. The van der Waals surface area contributed by atoms with Gasteiger partial charge in [0, 0.05) is 5.69 Å². The Morgan fingerprint density at radius 1 is 1.33 bits per heavy atom. The number of nitriles is 1. The van der Waals surface area contributed by atoms with E-state index in [4.69, 9.17) is 5.26 Å². The predicted octanol–water partition coefficient (Wildman–Crippen LogP) is 3.01. The van der Waals surface area contributed by atoms with Crippen molar-refractivity contribution < 1.29 is 22.7 Å². The fourth-order valence-corrected chi connectivity index (χ4v) is 1.73. The van der Waals surface area contributed by atoms with Crippen molar-refractivity contribution in [3.05, 3.63) is 24.3 Å². The first-order valence-corrected chi connectivity index (χ1v) is 6.20. The summed E-state index contributed by atoms with van der Waals surface area (Å²) in [6.07, 6.45) is -2.94. The lowest BCUT2D eigenvalue weighted by atomic mass is 10.2. The number of carbonyl (C=O) groups is 1. The maximum absolute atomic E-state index is 12.0.